The number of ether oxygens (including phenoxy) is 1. The van der Waals surface area contributed by atoms with Crippen LogP contribution in [-0.4, -0.2) is 29.0 Å². The molecule has 1 aromatic heterocycles. The third-order valence-electron chi connectivity index (χ3n) is 4.09. The molecule has 0 bridgehead atoms. The van der Waals surface area contributed by atoms with E-state index in [0.29, 0.717) is 0 Å². The molecule has 2 aliphatic rings. The number of hydrogen-bond acceptors (Lipinski definition) is 4. The van der Waals surface area contributed by atoms with Gasteiger partial charge in [0.25, 0.3) is 0 Å². The fourth-order valence-electron chi connectivity index (χ4n) is 3.17. The summed E-state index contributed by atoms with van der Waals surface area (Å²) < 4.78 is 11.9. The predicted molar refractivity (Wildman–Crippen MR) is 71.5 cm³/mol. The molecule has 0 saturated heterocycles. The summed E-state index contributed by atoms with van der Waals surface area (Å²) >= 11 is 0.0514. The van der Waals surface area contributed by atoms with Crippen molar-refractivity contribution < 1.29 is 9.84 Å². The van der Waals surface area contributed by atoms with Crippen LogP contribution in [0.3, 0.4) is 0 Å². The minimum atomic E-state index is -0.166. The molecule has 1 N–H and O–H groups in total. The Kier molecular flexibility index (Phi) is 2.47. The summed E-state index contributed by atoms with van der Waals surface area (Å²) in [5.74, 6) is 1.10. The minimum absolute atomic E-state index is 0.0514. The van der Waals surface area contributed by atoms with Gasteiger partial charge in [0.15, 0.2) is 0 Å². The van der Waals surface area contributed by atoms with Crippen molar-refractivity contribution in [2.75, 3.05) is 0 Å². The second-order valence-electron chi connectivity index (χ2n) is 5.29. The van der Waals surface area contributed by atoms with Gasteiger partial charge in [-0.1, -0.05) is 0 Å². The first-order valence-corrected chi connectivity index (χ1v) is 8.26. The van der Waals surface area contributed by atoms with Gasteiger partial charge in [-0.15, -0.1) is 0 Å². The topological polar surface area (TPSA) is 55.2 Å². The van der Waals surface area contributed by atoms with E-state index in [9.17, 15) is 5.11 Å². The van der Waals surface area contributed by atoms with E-state index in [0.717, 1.165) is 29.8 Å². The van der Waals surface area contributed by atoms with Crippen LogP contribution in [0.5, 0.6) is 11.5 Å². The maximum atomic E-state index is 9.66. The van der Waals surface area contributed by atoms with Crippen molar-refractivity contribution in [3.05, 3.63) is 22.6 Å². The molecule has 4 rings (SSSR count). The first-order chi connectivity index (χ1) is 9.28. The molecule has 1 saturated carbocycles. The molecule has 0 atom stereocenters. The van der Waals surface area contributed by atoms with Gasteiger partial charge in [-0.3, -0.25) is 0 Å². The summed E-state index contributed by atoms with van der Waals surface area (Å²) in [6, 6.07) is 5.27. The average molecular weight is 321 g/mol. The zero-order valence-corrected chi connectivity index (χ0v) is 12.1. The monoisotopic (exact) mass is 322 g/mol. The van der Waals surface area contributed by atoms with Crippen LogP contribution in [0.15, 0.2) is 18.2 Å². The summed E-state index contributed by atoms with van der Waals surface area (Å²) in [5, 5.41) is 14.0. The molecule has 0 amide bonds. The van der Waals surface area contributed by atoms with Crippen LogP contribution in [0.2, 0.25) is 0 Å². The second kappa shape index (κ2) is 4.09. The van der Waals surface area contributed by atoms with Gasteiger partial charge in [-0.25, -0.2) is 0 Å². The van der Waals surface area contributed by atoms with E-state index in [4.69, 9.17) is 4.74 Å². The quantitative estimate of drug-likeness (QED) is 0.757. The van der Waals surface area contributed by atoms with Crippen LogP contribution in [0.4, 0.5) is 0 Å². The van der Waals surface area contributed by atoms with Crippen molar-refractivity contribution in [3.63, 3.8) is 0 Å². The SMILES string of the molecule is Oc1ccc2c(c1)-c1nn[se]c1C1(CCCCC1)O2. The third kappa shape index (κ3) is 1.65. The zero-order chi connectivity index (χ0) is 12.9. The molecule has 19 heavy (non-hydrogen) atoms. The number of phenolic OH excluding ortho intramolecular Hbond substituents is 1. The van der Waals surface area contributed by atoms with E-state index in [-0.39, 0.29) is 26.1 Å². The summed E-state index contributed by atoms with van der Waals surface area (Å²) in [7, 11) is 0. The first-order valence-electron chi connectivity index (χ1n) is 6.64. The summed E-state index contributed by atoms with van der Waals surface area (Å²) in [6.07, 6.45) is 5.84. The molecule has 98 valence electrons. The van der Waals surface area contributed by atoms with E-state index < -0.39 is 0 Å². The van der Waals surface area contributed by atoms with Crippen LogP contribution in [-0.2, 0) is 5.60 Å². The Hall–Kier alpha value is -1.32. The van der Waals surface area contributed by atoms with E-state index in [1.54, 1.807) is 12.1 Å². The molecule has 1 fully saturated rings. The molecule has 5 heteroatoms. The molecule has 1 aromatic carbocycles. The van der Waals surface area contributed by atoms with E-state index in [2.05, 4.69) is 9.19 Å². The van der Waals surface area contributed by atoms with Gasteiger partial charge < -0.3 is 0 Å². The van der Waals surface area contributed by atoms with Gasteiger partial charge in [-0.2, -0.15) is 0 Å². The Labute approximate surface area is 117 Å². The Balaban J connectivity index is 1.91. The van der Waals surface area contributed by atoms with Crippen molar-refractivity contribution >= 4 is 14.7 Å². The van der Waals surface area contributed by atoms with Gasteiger partial charge >= 0.3 is 117 Å². The Morgan fingerprint density at radius 3 is 2.89 bits per heavy atom. The van der Waals surface area contributed by atoms with Crippen LogP contribution >= 0.6 is 0 Å². The van der Waals surface area contributed by atoms with Crippen LogP contribution in [0.25, 0.3) is 11.3 Å². The number of fused-ring (bicyclic) bond motifs is 4. The molecule has 0 unspecified atom stereocenters. The molecular formula is C14H14N2O2Se. The van der Waals surface area contributed by atoms with Crippen molar-refractivity contribution in [3.8, 4) is 22.8 Å². The van der Waals surface area contributed by atoms with Gasteiger partial charge in [0.2, 0.25) is 0 Å². The summed E-state index contributed by atoms with van der Waals surface area (Å²) in [4.78, 5) is 0. The van der Waals surface area contributed by atoms with E-state index in [1.807, 2.05) is 6.07 Å². The normalized spacial score (nSPS) is 19.6. The van der Waals surface area contributed by atoms with Crippen LogP contribution in [0.1, 0.15) is 36.5 Å². The van der Waals surface area contributed by atoms with E-state index in [1.165, 1.54) is 23.7 Å². The molecule has 1 aliphatic heterocycles. The van der Waals surface area contributed by atoms with E-state index >= 15 is 0 Å². The fraction of sp³-hybridized carbons (Fsp3) is 0.429. The maximum absolute atomic E-state index is 9.66. The van der Waals surface area contributed by atoms with Crippen molar-refractivity contribution in [2.24, 2.45) is 0 Å². The molecule has 0 radical (unpaired) electrons. The van der Waals surface area contributed by atoms with Crippen molar-refractivity contribution in [2.45, 2.75) is 37.7 Å². The molecular weight excluding hydrogens is 307 g/mol. The zero-order valence-electron chi connectivity index (χ0n) is 10.4. The molecule has 1 spiro atoms. The van der Waals surface area contributed by atoms with Gasteiger partial charge in [0.1, 0.15) is 0 Å². The predicted octanol–water partition coefficient (Wildman–Crippen LogP) is 2.46. The Morgan fingerprint density at radius 2 is 2.05 bits per heavy atom. The number of aromatic nitrogens is 2. The molecule has 4 nitrogen and oxygen atoms in total. The summed E-state index contributed by atoms with van der Waals surface area (Å²) in [5.41, 5.74) is 1.69. The van der Waals surface area contributed by atoms with Crippen molar-refractivity contribution in [1.82, 2.24) is 9.19 Å². The number of hydrogen-bond donors (Lipinski definition) is 1. The van der Waals surface area contributed by atoms with Gasteiger partial charge in [0.05, 0.1) is 0 Å². The first kappa shape index (κ1) is 11.5. The molecule has 2 aromatic rings. The standard InChI is InChI=1S/C14H14N2O2Se/c17-9-4-5-11-10(8-9)12-13(19-16-15-12)14(18-11)6-2-1-3-7-14/h4-5,8,17H,1-3,6-7H2. The number of nitrogens with zero attached hydrogens (tertiary/aromatic N) is 2. The summed E-state index contributed by atoms with van der Waals surface area (Å²) in [6.45, 7) is 0. The van der Waals surface area contributed by atoms with Crippen molar-refractivity contribution in [1.29, 1.82) is 0 Å². The average Bonchev–Trinajstić information content (AvgIpc) is 2.92. The number of aromatic hydroxyl groups is 1. The van der Waals surface area contributed by atoms with Crippen LogP contribution in [0, 0.1) is 0 Å². The molecule has 2 heterocycles. The Morgan fingerprint density at radius 1 is 1.21 bits per heavy atom. The third-order valence-corrected chi connectivity index (χ3v) is 6.00. The molecule has 1 aliphatic carbocycles. The Bertz CT molecular complexity index is 632. The number of phenols is 1. The van der Waals surface area contributed by atoms with Gasteiger partial charge in [0, 0.05) is 0 Å². The van der Waals surface area contributed by atoms with Gasteiger partial charge in [-0.05, 0) is 0 Å². The second-order valence-corrected chi connectivity index (χ2v) is 6.87. The number of rotatable bonds is 0. The fourth-order valence-corrected chi connectivity index (χ4v) is 4.96. The number of benzene rings is 1. The van der Waals surface area contributed by atoms with Crippen LogP contribution < -0.4 is 4.74 Å².